The first-order valence-electron chi connectivity index (χ1n) is 8.00. The number of piperazine rings is 1. The summed E-state index contributed by atoms with van der Waals surface area (Å²) in [7, 11) is 0. The number of aromatic nitrogens is 1. The molecule has 0 unspecified atom stereocenters. The summed E-state index contributed by atoms with van der Waals surface area (Å²) < 4.78 is 37.7. The van der Waals surface area contributed by atoms with Crippen molar-refractivity contribution in [2.45, 2.75) is 19.0 Å². The molecule has 1 aliphatic heterocycles. The smallest absolute Gasteiger partial charge is 0.353 e. The van der Waals surface area contributed by atoms with E-state index in [4.69, 9.17) is 0 Å². The molecular weight excluding hydrogens is 351 g/mol. The van der Waals surface area contributed by atoms with Crippen LogP contribution in [0.1, 0.15) is 17.5 Å². The average Bonchev–Trinajstić information content (AvgIpc) is 3.13. The number of hydrogen-bond donors (Lipinski definition) is 0. The zero-order valence-corrected chi connectivity index (χ0v) is 14.3. The van der Waals surface area contributed by atoms with Gasteiger partial charge in [-0.3, -0.25) is 4.79 Å². The highest BCUT2D eigenvalue weighted by molar-refractivity contribution is 7.07. The predicted molar refractivity (Wildman–Crippen MR) is 90.7 cm³/mol. The van der Waals surface area contributed by atoms with Crippen molar-refractivity contribution < 1.29 is 18.0 Å². The highest BCUT2D eigenvalue weighted by atomic mass is 32.1. The quantitative estimate of drug-likeness (QED) is 0.828. The lowest BCUT2D eigenvalue weighted by Gasteiger charge is -2.35. The number of nitrogens with zero attached hydrogens (tertiary/aromatic N) is 3. The maximum atomic E-state index is 12.6. The topological polar surface area (TPSA) is 36.4 Å². The first-order valence-corrected chi connectivity index (χ1v) is 8.95. The number of carbonyl (C=O) groups is 1. The third-order valence-corrected chi connectivity index (χ3v) is 4.97. The molecule has 3 heterocycles. The molecule has 2 aromatic rings. The summed E-state index contributed by atoms with van der Waals surface area (Å²) in [6.45, 7) is 2.27. The van der Waals surface area contributed by atoms with Crippen LogP contribution in [0, 0.1) is 0 Å². The van der Waals surface area contributed by atoms with Gasteiger partial charge in [0.25, 0.3) is 0 Å². The molecule has 1 amide bonds. The Hall–Kier alpha value is -2.09. The van der Waals surface area contributed by atoms with Crippen LogP contribution in [0.2, 0.25) is 0 Å². The fourth-order valence-corrected chi connectivity index (χ4v) is 3.47. The second-order valence-corrected chi connectivity index (χ2v) is 6.68. The van der Waals surface area contributed by atoms with E-state index in [0.29, 0.717) is 38.4 Å². The van der Waals surface area contributed by atoms with Crippen LogP contribution >= 0.6 is 11.3 Å². The van der Waals surface area contributed by atoms with Crippen LogP contribution in [0.5, 0.6) is 0 Å². The molecule has 25 heavy (non-hydrogen) atoms. The van der Waals surface area contributed by atoms with Gasteiger partial charge in [-0.1, -0.05) is 0 Å². The molecule has 134 valence electrons. The number of anilines is 1. The number of hydrogen-bond acceptors (Lipinski definition) is 4. The van der Waals surface area contributed by atoms with Gasteiger partial charge < -0.3 is 9.80 Å². The molecule has 0 atom stereocenters. The summed E-state index contributed by atoms with van der Waals surface area (Å²) in [6.07, 6.45) is -2.30. The fourth-order valence-electron chi connectivity index (χ4n) is 2.77. The van der Waals surface area contributed by atoms with Gasteiger partial charge in [-0.05, 0) is 40.9 Å². The molecular formula is C17H18F3N3OS. The largest absolute Gasteiger partial charge is 0.417 e. The monoisotopic (exact) mass is 369 g/mol. The number of thiophene rings is 1. The third-order valence-electron chi connectivity index (χ3n) is 4.24. The van der Waals surface area contributed by atoms with Crippen molar-refractivity contribution in [3.8, 4) is 0 Å². The fraction of sp³-hybridized carbons (Fsp3) is 0.412. The molecule has 2 aromatic heterocycles. The zero-order chi connectivity index (χ0) is 17.9. The Bertz CT molecular complexity index is 693. The molecule has 1 saturated heterocycles. The van der Waals surface area contributed by atoms with Gasteiger partial charge in [-0.15, -0.1) is 0 Å². The molecule has 0 radical (unpaired) electrons. The number of halogens is 3. The predicted octanol–water partition coefficient (Wildman–Crippen LogP) is 3.44. The number of rotatable bonds is 4. The summed E-state index contributed by atoms with van der Waals surface area (Å²) in [5.41, 5.74) is 0.421. The number of alkyl halides is 3. The van der Waals surface area contributed by atoms with Crippen LogP contribution in [0.4, 0.5) is 19.0 Å². The summed E-state index contributed by atoms with van der Waals surface area (Å²) in [6, 6.07) is 4.45. The summed E-state index contributed by atoms with van der Waals surface area (Å²) in [5, 5.41) is 4.04. The van der Waals surface area contributed by atoms with Gasteiger partial charge in [0.1, 0.15) is 5.82 Å². The molecule has 3 rings (SSSR count). The molecule has 0 spiro atoms. The van der Waals surface area contributed by atoms with Crippen molar-refractivity contribution in [1.82, 2.24) is 9.88 Å². The van der Waals surface area contributed by atoms with E-state index in [1.54, 1.807) is 11.3 Å². The number of pyridine rings is 1. The van der Waals surface area contributed by atoms with Gasteiger partial charge in [-0.25, -0.2) is 4.98 Å². The van der Waals surface area contributed by atoms with E-state index in [1.165, 1.54) is 11.6 Å². The second kappa shape index (κ2) is 7.43. The van der Waals surface area contributed by atoms with Crippen molar-refractivity contribution in [2.24, 2.45) is 0 Å². The SMILES string of the molecule is O=C(CCc1ccsc1)N1CCN(c2ccc(C(F)(F)F)cn2)CC1. The summed E-state index contributed by atoms with van der Waals surface area (Å²) in [4.78, 5) is 19.9. The molecule has 1 fully saturated rings. The minimum atomic E-state index is -4.38. The van der Waals surface area contributed by atoms with Gasteiger partial charge in [0.15, 0.2) is 0 Å². The van der Waals surface area contributed by atoms with Crippen LogP contribution in [0.15, 0.2) is 35.2 Å². The highest BCUT2D eigenvalue weighted by Crippen LogP contribution is 2.29. The molecule has 0 N–H and O–H groups in total. The number of aryl methyl sites for hydroxylation is 1. The van der Waals surface area contributed by atoms with E-state index in [1.807, 2.05) is 26.6 Å². The third kappa shape index (κ3) is 4.50. The highest BCUT2D eigenvalue weighted by Gasteiger charge is 2.31. The second-order valence-electron chi connectivity index (χ2n) is 5.90. The minimum absolute atomic E-state index is 0.117. The minimum Gasteiger partial charge on any atom is -0.353 e. The standard InChI is InChI=1S/C17H18F3N3OS/c18-17(19,20)14-2-3-15(21-11-14)22-6-8-23(9-7-22)16(24)4-1-13-5-10-25-12-13/h2-3,5,10-12H,1,4,6-9H2. The van der Waals surface area contributed by atoms with E-state index < -0.39 is 11.7 Å². The van der Waals surface area contributed by atoms with Crippen molar-refractivity contribution >= 4 is 23.1 Å². The van der Waals surface area contributed by atoms with Crippen LogP contribution in [0.25, 0.3) is 0 Å². The lowest BCUT2D eigenvalue weighted by atomic mass is 10.1. The van der Waals surface area contributed by atoms with Crippen LogP contribution in [-0.4, -0.2) is 42.0 Å². The number of carbonyl (C=O) groups excluding carboxylic acids is 1. The van der Waals surface area contributed by atoms with Crippen LogP contribution < -0.4 is 4.90 Å². The zero-order valence-electron chi connectivity index (χ0n) is 13.5. The Morgan fingerprint density at radius 2 is 1.92 bits per heavy atom. The molecule has 4 nitrogen and oxygen atoms in total. The normalized spacial score (nSPS) is 15.5. The van der Waals surface area contributed by atoms with Gasteiger partial charge in [0.05, 0.1) is 5.56 Å². The van der Waals surface area contributed by atoms with Crippen molar-refractivity contribution in [1.29, 1.82) is 0 Å². The average molecular weight is 369 g/mol. The lowest BCUT2D eigenvalue weighted by Crippen LogP contribution is -2.49. The van der Waals surface area contributed by atoms with E-state index in [9.17, 15) is 18.0 Å². The van der Waals surface area contributed by atoms with Crippen LogP contribution in [-0.2, 0) is 17.4 Å². The summed E-state index contributed by atoms with van der Waals surface area (Å²) >= 11 is 1.62. The van der Waals surface area contributed by atoms with E-state index in [0.717, 1.165) is 18.7 Å². The molecule has 0 saturated carbocycles. The van der Waals surface area contributed by atoms with Gasteiger partial charge >= 0.3 is 6.18 Å². The van der Waals surface area contributed by atoms with E-state index in [2.05, 4.69) is 4.98 Å². The maximum Gasteiger partial charge on any atom is 0.417 e. The van der Waals surface area contributed by atoms with Gasteiger partial charge in [-0.2, -0.15) is 24.5 Å². The molecule has 0 aromatic carbocycles. The first-order chi connectivity index (χ1) is 11.9. The van der Waals surface area contributed by atoms with Crippen molar-refractivity contribution in [3.05, 3.63) is 46.3 Å². The first kappa shape index (κ1) is 17.7. The van der Waals surface area contributed by atoms with Gasteiger partial charge in [0.2, 0.25) is 5.91 Å². The van der Waals surface area contributed by atoms with Crippen molar-refractivity contribution in [2.75, 3.05) is 31.1 Å². The maximum absolute atomic E-state index is 12.6. The Kier molecular flexibility index (Phi) is 5.27. The molecule has 8 heteroatoms. The van der Waals surface area contributed by atoms with Crippen molar-refractivity contribution in [3.63, 3.8) is 0 Å². The van der Waals surface area contributed by atoms with Crippen LogP contribution in [0.3, 0.4) is 0 Å². The van der Waals surface area contributed by atoms with E-state index >= 15 is 0 Å². The number of amides is 1. The Labute approximate surface area is 147 Å². The molecule has 0 aliphatic carbocycles. The Balaban J connectivity index is 1.50. The molecule has 1 aliphatic rings. The summed E-state index contributed by atoms with van der Waals surface area (Å²) in [5.74, 6) is 0.629. The Morgan fingerprint density at radius 1 is 1.16 bits per heavy atom. The Morgan fingerprint density at radius 3 is 2.48 bits per heavy atom. The lowest BCUT2D eigenvalue weighted by molar-refractivity contribution is -0.137. The van der Waals surface area contributed by atoms with E-state index in [-0.39, 0.29) is 5.91 Å². The van der Waals surface area contributed by atoms with Gasteiger partial charge in [0, 0.05) is 38.8 Å². The molecule has 0 bridgehead atoms.